The fourth-order valence-electron chi connectivity index (χ4n) is 3.27. The van der Waals surface area contributed by atoms with Crippen LogP contribution in [0.2, 0.25) is 0 Å². The van der Waals surface area contributed by atoms with Crippen molar-refractivity contribution in [2.45, 2.75) is 32.2 Å². The summed E-state index contributed by atoms with van der Waals surface area (Å²) >= 11 is 0. The lowest BCUT2D eigenvalue weighted by Crippen LogP contribution is -2.35. The van der Waals surface area contributed by atoms with E-state index >= 15 is 0 Å². The van der Waals surface area contributed by atoms with Gasteiger partial charge in [0, 0.05) is 11.8 Å². The molecule has 14 heteroatoms. The number of benzene rings is 1. The molecule has 2 aromatic rings. The number of nitrogens with one attached hydrogen (secondary N) is 2. The highest BCUT2D eigenvalue weighted by Gasteiger charge is 2.36. The Hall–Kier alpha value is -3.38. The number of carbonyl (C=O) groups excluding carboxylic acids is 1. The van der Waals surface area contributed by atoms with Crippen LogP contribution in [0, 0.1) is 6.92 Å². The Bertz CT molecular complexity index is 1270. The predicted octanol–water partition coefficient (Wildman–Crippen LogP) is 1.67. The third-order valence-corrected chi connectivity index (χ3v) is 6.75. The van der Waals surface area contributed by atoms with E-state index in [1.54, 1.807) is 37.3 Å². The summed E-state index contributed by atoms with van der Waals surface area (Å²) in [6, 6.07) is 3.74. The molecule has 4 atom stereocenters. The van der Waals surface area contributed by atoms with E-state index in [1.807, 2.05) is 0 Å². The number of ether oxygens (including phenoxy) is 4. The standard InChI is InChI=1S/C22H28N3O10P/c1-13-11-25(22(28)23-20(13)26)18-10-9-15(34-18)12-33-36(29,24-14(2)21(27)32-5)35-19-16(30-3)7-6-8-17(19)31-4/h6-11,14-15,18H,12H2,1-5H3,(H,24,29)(H,23,26,28)/t14?,15-,18+,36?/m0/s1. The molecule has 2 N–H and O–H groups in total. The number of rotatable bonds is 11. The van der Waals surface area contributed by atoms with E-state index in [-0.39, 0.29) is 23.9 Å². The van der Waals surface area contributed by atoms with E-state index < -0.39 is 43.3 Å². The summed E-state index contributed by atoms with van der Waals surface area (Å²) in [5.74, 6) is -0.267. The van der Waals surface area contributed by atoms with Crippen LogP contribution in [-0.2, 0) is 23.4 Å². The summed E-state index contributed by atoms with van der Waals surface area (Å²) in [7, 11) is -0.268. The summed E-state index contributed by atoms with van der Waals surface area (Å²) in [4.78, 5) is 38.0. The maximum Gasteiger partial charge on any atom is 0.459 e. The number of hydrogen-bond acceptors (Lipinski definition) is 10. The van der Waals surface area contributed by atoms with Gasteiger partial charge in [-0.25, -0.2) is 9.36 Å². The zero-order chi connectivity index (χ0) is 26.5. The lowest BCUT2D eigenvalue weighted by molar-refractivity contribution is -0.142. The third kappa shape index (κ3) is 6.24. The monoisotopic (exact) mass is 525 g/mol. The van der Waals surface area contributed by atoms with E-state index in [1.165, 1.54) is 39.0 Å². The first-order chi connectivity index (χ1) is 17.1. The summed E-state index contributed by atoms with van der Waals surface area (Å²) in [6.45, 7) is 2.71. The van der Waals surface area contributed by atoms with Gasteiger partial charge in [0.1, 0.15) is 12.1 Å². The summed E-state index contributed by atoms with van der Waals surface area (Å²) in [5.41, 5.74) is -0.808. The van der Waals surface area contributed by atoms with Gasteiger partial charge in [-0.3, -0.25) is 23.7 Å². The Morgan fingerprint density at radius 3 is 2.47 bits per heavy atom. The highest BCUT2D eigenvalue weighted by Crippen LogP contribution is 2.51. The van der Waals surface area contributed by atoms with E-state index in [9.17, 15) is 18.9 Å². The number of H-pyrrole nitrogens is 1. The highest BCUT2D eigenvalue weighted by atomic mass is 31.2. The normalized spacial score (nSPS) is 19.4. The molecule has 0 radical (unpaired) electrons. The molecule has 36 heavy (non-hydrogen) atoms. The Morgan fingerprint density at radius 1 is 1.19 bits per heavy atom. The number of carbonyl (C=O) groups is 1. The van der Waals surface area contributed by atoms with Gasteiger partial charge in [-0.1, -0.05) is 12.1 Å². The molecule has 0 saturated carbocycles. The van der Waals surface area contributed by atoms with Crippen molar-refractivity contribution >= 4 is 13.7 Å². The van der Waals surface area contributed by atoms with Crippen LogP contribution in [0.3, 0.4) is 0 Å². The van der Waals surface area contributed by atoms with E-state index in [4.69, 9.17) is 28.0 Å². The van der Waals surface area contributed by atoms with Gasteiger partial charge in [-0.2, -0.15) is 5.09 Å². The second-order valence-corrected chi connectivity index (χ2v) is 9.37. The molecule has 0 spiro atoms. The molecule has 13 nitrogen and oxygen atoms in total. The van der Waals surface area contributed by atoms with Crippen LogP contribution in [-0.4, -0.2) is 55.6 Å². The molecular formula is C22H28N3O10P. The van der Waals surface area contributed by atoms with Gasteiger partial charge >= 0.3 is 19.4 Å². The smallest absolute Gasteiger partial charge is 0.459 e. The first-order valence-corrected chi connectivity index (χ1v) is 12.3. The second kappa shape index (κ2) is 11.6. The number of hydrogen-bond donors (Lipinski definition) is 2. The predicted molar refractivity (Wildman–Crippen MR) is 127 cm³/mol. The van der Waals surface area contributed by atoms with Crippen LogP contribution >= 0.6 is 7.75 Å². The highest BCUT2D eigenvalue weighted by molar-refractivity contribution is 7.52. The Morgan fingerprint density at radius 2 is 1.86 bits per heavy atom. The molecule has 2 heterocycles. The molecule has 0 fully saturated rings. The van der Waals surface area contributed by atoms with Gasteiger partial charge in [0.05, 0.1) is 27.9 Å². The molecule has 0 amide bonds. The van der Waals surface area contributed by atoms with Gasteiger partial charge in [-0.05, 0) is 32.1 Å². The first-order valence-electron chi connectivity index (χ1n) is 10.8. The minimum atomic E-state index is -4.25. The lowest BCUT2D eigenvalue weighted by Gasteiger charge is -2.25. The second-order valence-electron chi connectivity index (χ2n) is 7.68. The van der Waals surface area contributed by atoms with Gasteiger partial charge in [0.2, 0.25) is 5.75 Å². The van der Waals surface area contributed by atoms with Crippen LogP contribution in [0.1, 0.15) is 18.7 Å². The van der Waals surface area contributed by atoms with Crippen molar-refractivity contribution in [3.8, 4) is 17.2 Å². The number of aryl methyl sites for hydroxylation is 1. The molecule has 1 aliphatic heterocycles. The zero-order valence-corrected chi connectivity index (χ0v) is 21.3. The SMILES string of the molecule is COC(=O)C(C)NP(=O)(OC[C@@H]1C=C[C@H](n2cc(C)c(=O)[nH]c2=O)O1)Oc1c(OC)cccc1OC. The number of esters is 1. The Kier molecular flexibility index (Phi) is 8.75. The van der Waals surface area contributed by atoms with Crippen molar-refractivity contribution in [2.24, 2.45) is 0 Å². The van der Waals surface area contributed by atoms with Crippen molar-refractivity contribution in [1.29, 1.82) is 0 Å². The van der Waals surface area contributed by atoms with Gasteiger partial charge in [0.25, 0.3) is 5.56 Å². The van der Waals surface area contributed by atoms with E-state index in [2.05, 4.69) is 10.1 Å². The minimum Gasteiger partial charge on any atom is -0.493 e. The summed E-state index contributed by atoms with van der Waals surface area (Å²) in [6.07, 6.45) is 3.02. The van der Waals surface area contributed by atoms with Crippen molar-refractivity contribution in [3.05, 3.63) is 62.9 Å². The quantitative estimate of drug-likeness (QED) is 0.250. The average molecular weight is 525 g/mol. The number of para-hydroxylation sites is 1. The van der Waals surface area contributed by atoms with Crippen molar-refractivity contribution in [3.63, 3.8) is 0 Å². The van der Waals surface area contributed by atoms with Gasteiger partial charge < -0.3 is 23.5 Å². The molecule has 1 aromatic heterocycles. The molecule has 1 aliphatic rings. The van der Waals surface area contributed by atoms with Crippen LogP contribution < -0.4 is 30.3 Å². The van der Waals surface area contributed by atoms with E-state index in [0.717, 1.165) is 0 Å². The maximum absolute atomic E-state index is 13.7. The third-order valence-electron chi connectivity index (χ3n) is 5.13. The Labute approximate surface area is 206 Å². The fourth-order valence-corrected chi connectivity index (χ4v) is 4.80. The van der Waals surface area contributed by atoms with Crippen molar-refractivity contribution < 1.29 is 37.4 Å². The van der Waals surface area contributed by atoms with E-state index in [0.29, 0.717) is 5.56 Å². The van der Waals surface area contributed by atoms with Crippen LogP contribution in [0.15, 0.2) is 46.1 Å². The molecular weight excluding hydrogens is 497 g/mol. The fraction of sp³-hybridized carbons (Fsp3) is 0.409. The first kappa shape index (κ1) is 27.2. The molecule has 0 saturated heterocycles. The summed E-state index contributed by atoms with van der Waals surface area (Å²) < 4.78 is 47.3. The molecule has 196 valence electrons. The number of nitrogens with zero attached hydrogens (tertiary/aromatic N) is 1. The topological polar surface area (TPSA) is 156 Å². The van der Waals surface area contributed by atoms with Crippen LogP contribution in [0.5, 0.6) is 17.2 Å². The van der Waals surface area contributed by atoms with Crippen molar-refractivity contribution in [1.82, 2.24) is 14.6 Å². The maximum atomic E-state index is 13.7. The average Bonchev–Trinajstić information content (AvgIpc) is 3.33. The minimum absolute atomic E-state index is 0.00794. The van der Waals surface area contributed by atoms with Crippen LogP contribution in [0.25, 0.3) is 0 Å². The lowest BCUT2D eigenvalue weighted by atomic mass is 10.3. The summed E-state index contributed by atoms with van der Waals surface area (Å²) in [5, 5.41) is 2.54. The molecule has 0 aliphatic carbocycles. The number of aromatic amines is 1. The largest absolute Gasteiger partial charge is 0.493 e. The van der Waals surface area contributed by atoms with Gasteiger partial charge in [-0.15, -0.1) is 0 Å². The van der Waals surface area contributed by atoms with Gasteiger partial charge in [0.15, 0.2) is 17.7 Å². The van der Waals surface area contributed by atoms with Crippen LogP contribution in [0.4, 0.5) is 0 Å². The number of aromatic nitrogens is 2. The molecule has 2 unspecified atom stereocenters. The van der Waals surface area contributed by atoms with Crippen molar-refractivity contribution in [2.75, 3.05) is 27.9 Å². The Balaban J connectivity index is 1.80. The number of methoxy groups -OCH3 is 3. The molecule has 3 rings (SSSR count). The molecule has 1 aromatic carbocycles. The molecule has 0 bridgehead atoms. The zero-order valence-electron chi connectivity index (χ0n) is 20.4.